The van der Waals surface area contributed by atoms with Gasteiger partial charge in [0, 0.05) is 38.8 Å². The number of carbonyl (C=O) groups excluding carboxylic acids is 1. The van der Waals surface area contributed by atoms with Crippen LogP contribution >= 0.6 is 23.2 Å². The molecule has 3 rings (SSSR count). The van der Waals surface area contributed by atoms with E-state index in [1.807, 2.05) is 4.90 Å². The molecular formula is C27H31Cl2F6N3O3. The van der Waals surface area contributed by atoms with Gasteiger partial charge in [-0.3, -0.25) is 14.6 Å². The van der Waals surface area contributed by atoms with Crippen molar-refractivity contribution in [3.05, 3.63) is 68.7 Å². The van der Waals surface area contributed by atoms with Crippen LogP contribution in [0.15, 0.2) is 36.4 Å². The zero-order valence-electron chi connectivity index (χ0n) is 21.9. The Bertz CT molecular complexity index is 1140. The number of benzene rings is 2. The number of rotatable bonds is 11. The average Bonchev–Trinajstić information content (AvgIpc) is 2.90. The Labute approximate surface area is 243 Å². The molecule has 0 aromatic heterocycles. The van der Waals surface area contributed by atoms with E-state index < -0.39 is 47.4 Å². The van der Waals surface area contributed by atoms with Crippen LogP contribution in [0.4, 0.5) is 26.3 Å². The molecule has 1 atom stereocenters. The molecule has 14 heteroatoms. The van der Waals surface area contributed by atoms with Crippen molar-refractivity contribution in [1.29, 1.82) is 0 Å². The van der Waals surface area contributed by atoms with Crippen LogP contribution in [-0.2, 0) is 23.6 Å². The van der Waals surface area contributed by atoms with Gasteiger partial charge in [0.2, 0.25) is 5.91 Å². The predicted octanol–water partition coefficient (Wildman–Crippen LogP) is 5.18. The van der Waals surface area contributed by atoms with Gasteiger partial charge in [-0.15, -0.1) is 0 Å². The van der Waals surface area contributed by atoms with Gasteiger partial charge in [0.1, 0.15) is 0 Å². The van der Waals surface area contributed by atoms with E-state index in [-0.39, 0.29) is 36.9 Å². The molecule has 0 aliphatic carbocycles. The topological polar surface area (TPSA) is 76.0 Å². The second kappa shape index (κ2) is 14.4. The zero-order chi connectivity index (χ0) is 30.4. The number of halogens is 8. The van der Waals surface area contributed by atoms with Gasteiger partial charge in [0.15, 0.2) is 0 Å². The summed E-state index contributed by atoms with van der Waals surface area (Å²) in [7, 11) is 0. The molecule has 228 valence electrons. The third kappa shape index (κ3) is 9.45. The second-order valence-corrected chi connectivity index (χ2v) is 10.6. The lowest BCUT2D eigenvalue weighted by atomic mass is 9.97. The lowest BCUT2D eigenvalue weighted by Crippen LogP contribution is -2.49. The summed E-state index contributed by atoms with van der Waals surface area (Å²) < 4.78 is 79.3. The highest BCUT2D eigenvalue weighted by Gasteiger charge is 2.37. The van der Waals surface area contributed by atoms with E-state index in [0.29, 0.717) is 56.2 Å². The van der Waals surface area contributed by atoms with Gasteiger partial charge in [-0.2, -0.15) is 26.3 Å². The number of nitrogens with zero attached hydrogens (tertiary/aromatic N) is 2. The van der Waals surface area contributed by atoms with E-state index in [1.165, 1.54) is 0 Å². The Hall–Kier alpha value is -2.09. The van der Waals surface area contributed by atoms with Gasteiger partial charge >= 0.3 is 12.4 Å². The van der Waals surface area contributed by atoms with Crippen LogP contribution in [0.5, 0.6) is 0 Å². The van der Waals surface area contributed by atoms with Crippen LogP contribution in [0.1, 0.15) is 41.1 Å². The van der Waals surface area contributed by atoms with Crippen molar-refractivity contribution in [2.45, 2.75) is 43.7 Å². The molecule has 1 aliphatic rings. The molecule has 1 fully saturated rings. The third-order valence-corrected chi connectivity index (χ3v) is 7.80. The highest BCUT2D eigenvalue weighted by Crippen LogP contribution is 2.36. The molecule has 2 aromatic rings. The average molecular weight is 630 g/mol. The molecule has 1 amide bonds. The standard InChI is InChI=1S/C27H31Cl2F6N3O3/c28-22-2-1-18(14-23(22)29)24(38-5-3-21(4-6-38)37(7-9-39)8-10-40)16-36-25(41)13-17-11-19(26(30,31)32)15-20(12-17)27(33,34)35/h1-2,11-12,14-15,21,24,39-40H,3-10,13,16H2,(H,36,41). The van der Waals surface area contributed by atoms with Crippen LogP contribution in [0, 0.1) is 0 Å². The van der Waals surface area contributed by atoms with Crippen LogP contribution in [0.25, 0.3) is 0 Å². The number of amides is 1. The zero-order valence-corrected chi connectivity index (χ0v) is 23.4. The highest BCUT2D eigenvalue weighted by molar-refractivity contribution is 6.42. The number of piperidine rings is 1. The minimum absolute atomic E-state index is 0.0174. The van der Waals surface area contributed by atoms with Crippen molar-refractivity contribution >= 4 is 29.1 Å². The summed E-state index contributed by atoms with van der Waals surface area (Å²) in [4.78, 5) is 16.9. The number of nitrogens with one attached hydrogen (secondary N) is 1. The monoisotopic (exact) mass is 629 g/mol. The molecular weight excluding hydrogens is 599 g/mol. The first-order valence-corrected chi connectivity index (χ1v) is 13.7. The Kier molecular flexibility index (Phi) is 11.7. The maximum atomic E-state index is 13.2. The first-order chi connectivity index (χ1) is 19.2. The molecule has 2 aromatic carbocycles. The fourth-order valence-electron chi connectivity index (χ4n) is 5.05. The molecule has 0 bridgehead atoms. The summed E-state index contributed by atoms with van der Waals surface area (Å²) >= 11 is 12.3. The quantitative estimate of drug-likeness (QED) is 0.299. The summed E-state index contributed by atoms with van der Waals surface area (Å²) in [5, 5.41) is 22.0. The first-order valence-electron chi connectivity index (χ1n) is 12.9. The Morgan fingerprint density at radius 2 is 1.49 bits per heavy atom. The van der Waals surface area contributed by atoms with Crippen molar-refractivity contribution in [3.8, 4) is 0 Å². The van der Waals surface area contributed by atoms with E-state index in [2.05, 4.69) is 10.2 Å². The molecule has 0 saturated carbocycles. The molecule has 1 unspecified atom stereocenters. The lowest BCUT2D eigenvalue weighted by Gasteiger charge is -2.41. The molecule has 1 heterocycles. The molecule has 41 heavy (non-hydrogen) atoms. The van der Waals surface area contributed by atoms with E-state index in [0.717, 1.165) is 5.56 Å². The van der Waals surface area contributed by atoms with E-state index in [4.69, 9.17) is 23.2 Å². The van der Waals surface area contributed by atoms with Gasteiger partial charge in [-0.25, -0.2) is 0 Å². The summed E-state index contributed by atoms with van der Waals surface area (Å²) in [5.74, 6) is -0.741. The summed E-state index contributed by atoms with van der Waals surface area (Å²) in [5.41, 5.74) is -2.66. The Morgan fingerprint density at radius 3 is 1.98 bits per heavy atom. The van der Waals surface area contributed by atoms with Gasteiger partial charge in [0.25, 0.3) is 0 Å². The number of hydrogen-bond acceptors (Lipinski definition) is 5. The van der Waals surface area contributed by atoms with Crippen LogP contribution < -0.4 is 5.32 Å². The van der Waals surface area contributed by atoms with Crippen molar-refractivity contribution < 1.29 is 41.4 Å². The Balaban J connectivity index is 1.76. The number of aliphatic hydroxyl groups is 2. The normalized spacial score (nSPS) is 16.3. The minimum atomic E-state index is -5.01. The highest BCUT2D eigenvalue weighted by atomic mass is 35.5. The maximum absolute atomic E-state index is 13.2. The van der Waals surface area contributed by atoms with E-state index in [9.17, 15) is 41.4 Å². The number of carbonyl (C=O) groups is 1. The van der Waals surface area contributed by atoms with E-state index >= 15 is 0 Å². The van der Waals surface area contributed by atoms with Crippen molar-refractivity contribution in [1.82, 2.24) is 15.1 Å². The van der Waals surface area contributed by atoms with Crippen LogP contribution in [0.3, 0.4) is 0 Å². The van der Waals surface area contributed by atoms with Crippen molar-refractivity contribution in [2.75, 3.05) is 45.9 Å². The van der Waals surface area contributed by atoms with Gasteiger partial charge in [-0.1, -0.05) is 29.3 Å². The third-order valence-electron chi connectivity index (χ3n) is 7.06. The molecule has 6 nitrogen and oxygen atoms in total. The molecule has 0 spiro atoms. The molecule has 3 N–H and O–H groups in total. The smallest absolute Gasteiger partial charge is 0.395 e. The maximum Gasteiger partial charge on any atom is 0.416 e. The van der Waals surface area contributed by atoms with Crippen LogP contribution in [0.2, 0.25) is 10.0 Å². The summed E-state index contributed by atoms with van der Waals surface area (Å²) in [6.07, 6.45) is -9.30. The molecule has 0 radical (unpaired) electrons. The number of aliphatic hydroxyl groups excluding tert-OH is 2. The molecule has 1 saturated heterocycles. The van der Waals surface area contributed by atoms with Crippen molar-refractivity contribution in [2.24, 2.45) is 0 Å². The fourth-order valence-corrected chi connectivity index (χ4v) is 5.36. The van der Waals surface area contributed by atoms with Gasteiger partial charge < -0.3 is 15.5 Å². The van der Waals surface area contributed by atoms with Gasteiger partial charge in [0.05, 0.1) is 46.8 Å². The largest absolute Gasteiger partial charge is 0.416 e. The number of hydrogen-bond donors (Lipinski definition) is 3. The Morgan fingerprint density at radius 1 is 0.927 bits per heavy atom. The number of alkyl halides is 6. The first kappa shape index (κ1) is 33.4. The van der Waals surface area contributed by atoms with Crippen LogP contribution in [-0.4, -0.2) is 77.9 Å². The summed E-state index contributed by atoms with van der Waals surface area (Å²) in [6.45, 7) is 1.93. The minimum Gasteiger partial charge on any atom is -0.395 e. The summed E-state index contributed by atoms with van der Waals surface area (Å²) in [6, 6.07) is 5.81. The second-order valence-electron chi connectivity index (χ2n) is 9.83. The van der Waals surface area contributed by atoms with E-state index in [1.54, 1.807) is 18.2 Å². The van der Waals surface area contributed by atoms with Gasteiger partial charge in [-0.05, 0) is 54.3 Å². The SMILES string of the molecule is O=C(Cc1cc(C(F)(F)F)cc(C(F)(F)F)c1)NCC(c1ccc(Cl)c(Cl)c1)N1CCC(N(CCO)CCO)CC1. The van der Waals surface area contributed by atoms with Crippen molar-refractivity contribution in [3.63, 3.8) is 0 Å². The molecule has 1 aliphatic heterocycles. The number of likely N-dealkylation sites (tertiary alicyclic amines) is 1. The fraction of sp³-hybridized carbons (Fsp3) is 0.519. The predicted molar refractivity (Wildman–Crippen MR) is 143 cm³/mol. The lowest BCUT2D eigenvalue weighted by molar-refractivity contribution is -0.143.